The molecule has 0 aliphatic heterocycles. The molecule has 0 aliphatic carbocycles. The van der Waals surface area contributed by atoms with Gasteiger partial charge in [0.25, 0.3) is 0 Å². The van der Waals surface area contributed by atoms with Gasteiger partial charge in [0.05, 0.1) is 36.1 Å². The highest BCUT2D eigenvalue weighted by Gasteiger charge is 2.15. The smallest absolute Gasteiger partial charge is 0.0834 e. The number of nitrogens with zero attached hydrogens (tertiary/aromatic N) is 2. The molecule has 0 fully saturated rings. The Bertz CT molecular complexity index is 324. The third-order valence-electron chi connectivity index (χ3n) is 2.11. The lowest BCUT2D eigenvalue weighted by Crippen LogP contribution is -2.18. The van der Waals surface area contributed by atoms with Crippen LogP contribution in [0.5, 0.6) is 0 Å². The lowest BCUT2D eigenvalue weighted by atomic mass is 10.1. The maximum Gasteiger partial charge on any atom is 0.0834 e. The van der Waals surface area contributed by atoms with Crippen molar-refractivity contribution in [3.63, 3.8) is 0 Å². The largest absolute Gasteiger partial charge is 0.383 e. The molecule has 1 aromatic rings. The minimum atomic E-state index is -0.158. The van der Waals surface area contributed by atoms with E-state index < -0.39 is 0 Å². The molecule has 4 nitrogen and oxygen atoms in total. The van der Waals surface area contributed by atoms with Crippen molar-refractivity contribution in [2.24, 2.45) is 5.73 Å². The SMILES string of the molecule is C=CCC(N)c1c(Cl)cnn1CCOC. The average molecular weight is 230 g/mol. The first-order valence-corrected chi connectivity index (χ1v) is 5.15. The summed E-state index contributed by atoms with van der Waals surface area (Å²) in [6.07, 6.45) is 4.06. The molecule has 1 unspecified atom stereocenters. The number of halogens is 1. The number of methoxy groups -OCH3 is 1. The molecular formula is C10H16ClN3O. The molecule has 1 rings (SSSR count). The second-order valence-corrected chi connectivity index (χ2v) is 3.63. The van der Waals surface area contributed by atoms with Crippen molar-refractivity contribution in [1.29, 1.82) is 0 Å². The first kappa shape index (κ1) is 12.2. The quantitative estimate of drug-likeness (QED) is 0.757. The van der Waals surface area contributed by atoms with Crippen LogP contribution in [0.3, 0.4) is 0 Å². The van der Waals surface area contributed by atoms with Crippen LogP contribution in [-0.4, -0.2) is 23.5 Å². The van der Waals surface area contributed by atoms with Crippen molar-refractivity contribution in [3.05, 3.63) is 29.6 Å². The van der Waals surface area contributed by atoms with E-state index >= 15 is 0 Å². The topological polar surface area (TPSA) is 53.1 Å². The zero-order valence-corrected chi connectivity index (χ0v) is 9.57. The van der Waals surface area contributed by atoms with Gasteiger partial charge < -0.3 is 10.5 Å². The number of ether oxygens (including phenoxy) is 1. The molecule has 1 aromatic heterocycles. The lowest BCUT2D eigenvalue weighted by molar-refractivity contribution is 0.182. The highest BCUT2D eigenvalue weighted by atomic mass is 35.5. The Balaban J connectivity index is 2.82. The van der Waals surface area contributed by atoms with Crippen molar-refractivity contribution in [2.45, 2.75) is 19.0 Å². The Labute approximate surface area is 94.7 Å². The van der Waals surface area contributed by atoms with E-state index in [0.29, 0.717) is 24.6 Å². The van der Waals surface area contributed by atoms with E-state index in [-0.39, 0.29) is 6.04 Å². The van der Waals surface area contributed by atoms with Gasteiger partial charge in [-0.2, -0.15) is 5.10 Å². The van der Waals surface area contributed by atoms with Crippen molar-refractivity contribution >= 4 is 11.6 Å². The predicted molar refractivity (Wildman–Crippen MR) is 60.9 cm³/mol. The summed E-state index contributed by atoms with van der Waals surface area (Å²) in [6, 6.07) is -0.158. The molecule has 0 bridgehead atoms. The average Bonchev–Trinajstić information content (AvgIpc) is 2.57. The Morgan fingerprint density at radius 1 is 1.80 bits per heavy atom. The second-order valence-electron chi connectivity index (χ2n) is 3.22. The molecule has 15 heavy (non-hydrogen) atoms. The number of rotatable bonds is 6. The zero-order valence-electron chi connectivity index (χ0n) is 8.82. The Hall–Kier alpha value is -0.840. The van der Waals surface area contributed by atoms with E-state index in [1.807, 2.05) is 0 Å². The molecule has 0 spiro atoms. The first-order valence-electron chi connectivity index (χ1n) is 4.77. The Morgan fingerprint density at radius 2 is 2.53 bits per heavy atom. The number of nitrogens with two attached hydrogens (primary N) is 1. The van der Waals surface area contributed by atoms with Crippen LogP contribution in [0.25, 0.3) is 0 Å². The van der Waals surface area contributed by atoms with Gasteiger partial charge in [0.15, 0.2) is 0 Å². The summed E-state index contributed by atoms with van der Waals surface area (Å²) in [4.78, 5) is 0. The molecule has 84 valence electrons. The molecule has 0 aliphatic rings. The third kappa shape index (κ3) is 3.06. The van der Waals surface area contributed by atoms with Gasteiger partial charge in [0.1, 0.15) is 0 Å². The molecule has 0 amide bonds. The van der Waals surface area contributed by atoms with Gasteiger partial charge in [0.2, 0.25) is 0 Å². The van der Waals surface area contributed by atoms with E-state index in [9.17, 15) is 0 Å². The van der Waals surface area contributed by atoms with Crippen LogP contribution in [-0.2, 0) is 11.3 Å². The zero-order chi connectivity index (χ0) is 11.3. The fourth-order valence-electron chi connectivity index (χ4n) is 1.39. The van der Waals surface area contributed by atoms with Gasteiger partial charge in [0, 0.05) is 7.11 Å². The highest BCUT2D eigenvalue weighted by molar-refractivity contribution is 6.31. The van der Waals surface area contributed by atoms with Gasteiger partial charge in [-0.25, -0.2) is 0 Å². The van der Waals surface area contributed by atoms with E-state index in [2.05, 4.69) is 11.7 Å². The summed E-state index contributed by atoms with van der Waals surface area (Å²) in [6.45, 7) is 4.90. The summed E-state index contributed by atoms with van der Waals surface area (Å²) in [5, 5.41) is 4.74. The van der Waals surface area contributed by atoms with Gasteiger partial charge in [-0.15, -0.1) is 6.58 Å². The molecule has 5 heteroatoms. The Kier molecular flexibility index (Phi) is 4.81. The third-order valence-corrected chi connectivity index (χ3v) is 2.40. The summed E-state index contributed by atoms with van der Waals surface area (Å²) in [7, 11) is 1.65. The van der Waals surface area contributed by atoms with Crippen molar-refractivity contribution in [3.8, 4) is 0 Å². The fraction of sp³-hybridized carbons (Fsp3) is 0.500. The van der Waals surface area contributed by atoms with Crippen LogP contribution >= 0.6 is 11.6 Å². The van der Waals surface area contributed by atoms with Crippen molar-refractivity contribution < 1.29 is 4.74 Å². The Morgan fingerprint density at radius 3 is 3.13 bits per heavy atom. The van der Waals surface area contributed by atoms with Crippen LogP contribution in [0.15, 0.2) is 18.9 Å². The maximum atomic E-state index is 6.02. The van der Waals surface area contributed by atoms with Crippen LogP contribution in [0.1, 0.15) is 18.2 Å². The van der Waals surface area contributed by atoms with Gasteiger partial charge >= 0.3 is 0 Å². The van der Waals surface area contributed by atoms with Crippen LogP contribution in [0.2, 0.25) is 5.02 Å². The molecule has 2 N–H and O–H groups in total. The molecule has 0 saturated carbocycles. The van der Waals surface area contributed by atoms with Gasteiger partial charge in [-0.1, -0.05) is 17.7 Å². The van der Waals surface area contributed by atoms with E-state index in [0.717, 1.165) is 5.69 Å². The minimum absolute atomic E-state index is 0.158. The van der Waals surface area contributed by atoms with Gasteiger partial charge in [-0.05, 0) is 6.42 Å². The fourth-order valence-corrected chi connectivity index (χ4v) is 1.67. The lowest BCUT2D eigenvalue weighted by Gasteiger charge is -2.12. The van der Waals surface area contributed by atoms with Crippen LogP contribution < -0.4 is 5.73 Å². The minimum Gasteiger partial charge on any atom is -0.383 e. The monoisotopic (exact) mass is 229 g/mol. The van der Waals surface area contributed by atoms with Crippen LogP contribution in [0, 0.1) is 0 Å². The van der Waals surface area contributed by atoms with Gasteiger partial charge in [-0.3, -0.25) is 4.68 Å². The molecule has 1 heterocycles. The summed E-state index contributed by atoms with van der Waals surface area (Å²) >= 11 is 6.02. The molecule has 0 radical (unpaired) electrons. The van der Waals surface area contributed by atoms with Crippen molar-refractivity contribution in [2.75, 3.05) is 13.7 Å². The summed E-state index contributed by atoms with van der Waals surface area (Å²) in [5.41, 5.74) is 6.81. The summed E-state index contributed by atoms with van der Waals surface area (Å²) in [5.74, 6) is 0. The summed E-state index contributed by atoms with van der Waals surface area (Å²) < 4.78 is 6.76. The molecular weight excluding hydrogens is 214 g/mol. The standard InChI is InChI=1S/C10H16ClN3O/c1-3-4-9(12)10-8(11)7-13-14(10)5-6-15-2/h3,7,9H,1,4-6,12H2,2H3. The number of aromatic nitrogens is 2. The number of hydrogen-bond donors (Lipinski definition) is 1. The van der Waals surface area contributed by atoms with Crippen LogP contribution in [0.4, 0.5) is 0 Å². The van der Waals surface area contributed by atoms with Crippen molar-refractivity contribution in [1.82, 2.24) is 9.78 Å². The number of hydrogen-bond acceptors (Lipinski definition) is 3. The van der Waals surface area contributed by atoms with E-state index in [1.165, 1.54) is 0 Å². The second kappa shape index (κ2) is 5.90. The predicted octanol–water partition coefficient (Wildman–Crippen LogP) is 1.76. The molecule has 0 saturated heterocycles. The highest BCUT2D eigenvalue weighted by Crippen LogP contribution is 2.23. The molecule has 0 aromatic carbocycles. The normalized spacial score (nSPS) is 12.7. The van der Waals surface area contributed by atoms with E-state index in [4.69, 9.17) is 22.1 Å². The first-order chi connectivity index (χ1) is 7.20. The van der Waals surface area contributed by atoms with E-state index in [1.54, 1.807) is 24.1 Å². The maximum absolute atomic E-state index is 6.02. The molecule has 1 atom stereocenters.